The Labute approximate surface area is 122 Å². The highest BCUT2D eigenvalue weighted by molar-refractivity contribution is 5.77. The fourth-order valence-electron chi connectivity index (χ4n) is 2.40. The first-order valence-corrected chi connectivity index (χ1v) is 6.52. The van der Waals surface area contributed by atoms with Gasteiger partial charge in [-0.05, 0) is 35.9 Å². The lowest BCUT2D eigenvalue weighted by atomic mass is 9.98. The molecule has 0 radical (unpaired) electrons. The normalized spacial score (nSPS) is 14.2. The fraction of sp³-hybridized carbons (Fsp3) is 0.118. The van der Waals surface area contributed by atoms with E-state index in [4.69, 9.17) is 9.47 Å². The Morgan fingerprint density at radius 3 is 3.05 bits per heavy atom. The van der Waals surface area contributed by atoms with E-state index >= 15 is 0 Å². The summed E-state index contributed by atoms with van der Waals surface area (Å²) < 4.78 is 11.3. The molecule has 0 amide bonds. The van der Waals surface area contributed by atoms with Crippen molar-refractivity contribution in [3.05, 3.63) is 59.8 Å². The molecule has 0 saturated carbocycles. The maximum Gasteiger partial charge on any atom is 0.226 e. The number of allylic oxidation sites excluding steroid dienone is 3. The molecule has 104 valence electrons. The topological polar surface area (TPSA) is 48.4 Å². The predicted molar refractivity (Wildman–Crippen MR) is 79.2 cm³/mol. The van der Waals surface area contributed by atoms with Gasteiger partial charge in [-0.3, -0.25) is 0 Å². The average Bonchev–Trinajstić information content (AvgIpc) is 2.68. The van der Waals surface area contributed by atoms with E-state index in [1.54, 1.807) is 25.3 Å². The molecule has 0 spiro atoms. The van der Waals surface area contributed by atoms with Gasteiger partial charge in [-0.2, -0.15) is 0 Å². The zero-order chi connectivity index (χ0) is 14.7. The summed E-state index contributed by atoms with van der Waals surface area (Å²) in [7, 11) is 1.63. The lowest BCUT2D eigenvalue weighted by Crippen LogP contribution is -1.94. The summed E-state index contributed by atoms with van der Waals surface area (Å²) >= 11 is 0. The van der Waals surface area contributed by atoms with Crippen molar-refractivity contribution in [2.24, 2.45) is 0 Å². The minimum absolute atomic E-state index is 0.523. The van der Waals surface area contributed by atoms with Gasteiger partial charge in [0.2, 0.25) is 5.88 Å². The Kier molecular flexibility index (Phi) is 3.54. The molecule has 4 heteroatoms. The number of fused-ring (bicyclic) bond motifs is 2. The zero-order valence-electron chi connectivity index (χ0n) is 11.5. The maximum atomic E-state index is 10.5. The first-order chi connectivity index (χ1) is 10.3. The lowest BCUT2D eigenvalue weighted by Gasteiger charge is -2.10. The van der Waals surface area contributed by atoms with Gasteiger partial charge >= 0.3 is 0 Å². The van der Waals surface area contributed by atoms with Crippen LogP contribution in [0.4, 0.5) is 0 Å². The minimum atomic E-state index is 0.523. The van der Waals surface area contributed by atoms with E-state index in [-0.39, 0.29) is 0 Å². The first kappa shape index (κ1) is 13.2. The van der Waals surface area contributed by atoms with Crippen molar-refractivity contribution in [2.45, 2.75) is 6.42 Å². The van der Waals surface area contributed by atoms with Gasteiger partial charge in [-0.1, -0.05) is 6.07 Å². The number of nitrogens with zero attached hydrogens (tertiary/aromatic N) is 1. The summed E-state index contributed by atoms with van der Waals surface area (Å²) in [5, 5.41) is 0. The summed E-state index contributed by atoms with van der Waals surface area (Å²) in [6.07, 6.45) is 5.36. The molecule has 0 unspecified atom stereocenters. The van der Waals surface area contributed by atoms with Gasteiger partial charge in [-0.25, -0.2) is 9.78 Å². The van der Waals surface area contributed by atoms with E-state index in [9.17, 15) is 4.79 Å². The maximum absolute atomic E-state index is 10.5. The Bertz CT molecular complexity index is 758. The highest BCUT2D eigenvalue weighted by Crippen LogP contribution is 2.41. The van der Waals surface area contributed by atoms with Gasteiger partial charge in [0, 0.05) is 29.8 Å². The molecule has 1 aromatic carbocycles. The van der Waals surface area contributed by atoms with Crippen molar-refractivity contribution in [1.29, 1.82) is 0 Å². The third-order valence-corrected chi connectivity index (χ3v) is 3.35. The van der Waals surface area contributed by atoms with E-state index in [1.807, 2.05) is 30.3 Å². The number of carbonyl (C=O) groups excluding carboxylic acids is 1. The summed E-state index contributed by atoms with van der Waals surface area (Å²) in [6.45, 7) is 0. The molecular weight excluding hydrogens is 266 g/mol. The standard InChI is InChI=1S/C17H13NO3/c1-20-15-7-2-8-16-14(15)11-12(5-4-10-19)13-6-3-9-18-17(13)21-16/h2-9H,11H2,1H3. The number of pyridine rings is 1. The number of hydrogen-bond donors (Lipinski definition) is 0. The monoisotopic (exact) mass is 279 g/mol. The Morgan fingerprint density at radius 1 is 1.33 bits per heavy atom. The summed E-state index contributed by atoms with van der Waals surface area (Å²) in [5.41, 5.74) is 2.73. The summed E-state index contributed by atoms with van der Waals surface area (Å²) in [4.78, 5) is 14.8. The van der Waals surface area contributed by atoms with E-state index in [0.717, 1.165) is 22.4 Å². The number of benzene rings is 1. The minimum Gasteiger partial charge on any atom is -0.496 e. The predicted octanol–water partition coefficient (Wildman–Crippen LogP) is 3.21. The second-order valence-corrected chi connectivity index (χ2v) is 4.55. The number of rotatable bonds is 2. The van der Waals surface area contributed by atoms with Gasteiger partial charge in [0.1, 0.15) is 17.4 Å². The number of methoxy groups -OCH3 is 1. The van der Waals surface area contributed by atoms with Crippen molar-refractivity contribution in [3.8, 4) is 17.4 Å². The molecule has 2 heterocycles. The highest BCUT2D eigenvalue weighted by atomic mass is 16.5. The molecule has 0 saturated heterocycles. The molecule has 1 aromatic heterocycles. The van der Waals surface area contributed by atoms with Gasteiger partial charge in [0.25, 0.3) is 0 Å². The van der Waals surface area contributed by atoms with Crippen LogP contribution < -0.4 is 9.47 Å². The van der Waals surface area contributed by atoms with Gasteiger partial charge < -0.3 is 9.47 Å². The molecule has 0 aliphatic carbocycles. The van der Waals surface area contributed by atoms with Crippen LogP contribution in [0.15, 0.2) is 48.7 Å². The molecule has 3 rings (SSSR count). The van der Waals surface area contributed by atoms with Crippen molar-refractivity contribution in [1.82, 2.24) is 4.98 Å². The molecule has 0 bridgehead atoms. The Hall–Kier alpha value is -2.84. The third kappa shape index (κ3) is 2.45. The van der Waals surface area contributed by atoms with E-state index < -0.39 is 0 Å². The highest BCUT2D eigenvalue weighted by Gasteiger charge is 2.21. The molecule has 0 fully saturated rings. The molecule has 1 aliphatic heterocycles. The Balaban J connectivity index is 2.21. The zero-order valence-corrected chi connectivity index (χ0v) is 11.5. The molecule has 21 heavy (non-hydrogen) atoms. The van der Waals surface area contributed by atoms with Crippen molar-refractivity contribution >= 4 is 11.5 Å². The van der Waals surface area contributed by atoms with Crippen LogP contribution in [0.2, 0.25) is 0 Å². The average molecular weight is 279 g/mol. The van der Waals surface area contributed by atoms with Crippen LogP contribution in [0.5, 0.6) is 17.4 Å². The molecule has 1 aliphatic rings. The molecule has 0 atom stereocenters. The van der Waals surface area contributed by atoms with E-state index in [2.05, 4.69) is 4.98 Å². The van der Waals surface area contributed by atoms with Crippen molar-refractivity contribution in [2.75, 3.05) is 7.11 Å². The molecule has 0 N–H and O–H groups in total. The van der Waals surface area contributed by atoms with Crippen LogP contribution in [0.25, 0.3) is 5.57 Å². The molecule has 2 aromatic rings. The van der Waals surface area contributed by atoms with Crippen molar-refractivity contribution in [3.63, 3.8) is 0 Å². The Morgan fingerprint density at radius 2 is 2.24 bits per heavy atom. The quantitative estimate of drug-likeness (QED) is 0.792. The number of ether oxygens (including phenoxy) is 2. The first-order valence-electron chi connectivity index (χ1n) is 6.52. The van der Waals surface area contributed by atoms with Gasteiger partial charge in [0.05, 0.1) is 7.11 Å². The van der Waals surface area contributed by atoms with Crippen molar-refractivity contribution < 1.29 is 14.3 Å². The van der Waals surface area contributed by atoms with Crippen LogP contribution in [0.3, 0.4) is 0 Å². The van der Waals surface area contributed by atoms with Crippen LogP contribution in [0.1, 0.15) is 11.1 Å². The van der Waals surface area contributed by atoms with Crippen LogP contribution in [-0.2, 0) is 11.2 Å². The van der Waals surface area contributed by atoms with Crippen LogP contribution >= 0.6 is 0 Å². The largest absolute Gasteiger partial charge is 0.496 e. The number of aromatic nitrogens is 1. The van der Waals surface area contributed by atoms with Crippen LogP contribution in [0, 0.1) is 0 Å². The number of hydrogen-bond acceptors (Lipinski definition) is 4. The molecular formula is C17H13NO3. The second-order valence-electron chi connectivity index (χ2n) is 4.55. The van der Waals surface area contributed by atoms with E-state index in [1.165, 1.54) is 6.08 Å². The fourth-order valence-corrected chi connectivity index (χ4v) is 2.40. The summed E-state index contributed by atoms with van der Waals surface area (Å²) in [5.74, 6) is 3.76. The second kappa shape index (κ2) is 5.65. The van der Waals surface area contributed by atoms with E-state index in [0.29, 0.717) is 18.1 Å². The molecule has 4 nitrogen and oxygen atoms in total. The summed E-state index contributed by atoms with van der Waals surface area (Å²) in [6, 6.07) is 9.41. The smallest absolute Gasteiger partial charge is 0.226 e. The van der Waals surface area contributed by atoms with Gasteiger partial charge in [0.15, 0.2) is 0 Å². The third-order valence-electron chi connectivity index (χ3n) is 3.35. The van der Waals surface area contributed by atoms with Gasteiger partial charge in [-0.15, -0.1) is 0 Å². The SMILES string of the molecule is COc1cccc2c1CC(=CC=C=O)c1cccnc1O2. The van der Waals surface area contributed by atoms with Crippen LogP contribution in [-0.4, -0.2) is 18.0 Å². The lowest BCUT2D eigenvalue weighted by molar-refractivity contribution is 0.402.